The Kier molecular flexibility index (Phi) is 5.08. The second kappa shape index (κ2) is 7.71. The van der Waals surface area contributed by atoms with Crippen LogP contribution in [0.2, 0.25) is 0 Å². The number of carbonyl (C=O) groups excluding carboxylic acids is 2. The van der Waals surface area contributed by atoms with Gasteiger partial charge < -0.3 is 24.8 Å². The zero-order chi connectivity index (χ0) is 21.3. The van der Waals surface area contributed by atoms with Gasteiger partial charge in [-0.2, -0.15) is 5.01 Å². The summed E-state index contributed by atoms with van der Waals surface area (Å²) in [7, 11) is 1.54. The maximum Gasteiger partial charge on any atom is 0.344 e. The number of hydrogen-bond acceptors (Lipinski definition) is 6. The minimum atomic E-state index is -1.24. The minimum absolute atomic E-state index is 0.131. The van der Waals surface area contributed by atoms with E-state index >= 15 is 0 Å². The van der Waals surface area contributed by atoms with E-state index in [1.165, 1.54) is 7.11 Å². The van der Waals surface area contributed by atoms with Gasteiger partial charge in [-0.25, -0.2) is 4.79 Å². The Morgan fingerprint density at radius 2 is 2.03 bits per heavy atom. The highest BCUT2D eigenvalue weighted by atomic mass is 32.1. The predicted octanol–water partition coefficient (Wildman–Crippen LogP) is 1.77. The molecule has 10 heteroatoms. The van der Waals surface area contributed by atoms with Gasteiger partial charge >= 0.3 is 6.03 Å². The first-order valence-electron chi connectivity index (χ1n) is 9.15. The van der Waals surface area contributed by atoms with Crippen LogP contribution in [0.5, 0.6) is 17.2 Å². The quantitative estimate of drug-likeness (QED) is 0.489. The number of rotatable bonds is 5. The topological polar surface area (TPSA) is 101 Å². The van der Waals surface area contributed by atoms with Crippen molar-refractivity contribution in [3.8, 4) is 17.2 Å². The summed E-state index contributed by atoms with van der Waals surface area (Å²) in [5, 5.41) is 6.68. The van der Waals surface area contributed by atoms with E-state index in [0.29, 0.717) is 29.4 Å². The number of urea groups is 1. The molecule has 1 saturated heterocycles. The molecule has 0 saturated carbocycles. The van der Waals surface area contributed by atoms with Crippen LogP contribution in [0.15, 0.2) is 42.5 Å². The fourth-order valence-electron chi connectivity index (χ4n) is 3.24. The van der Waals surface area contributed by atoms with Crippen molar-refractivity contribution in [2.45, 2.75) is 19.0 Å². The maximum absolute atomic E-state index is 13.0. The molecule has 9 nitrogen and oxygen atoms in total. The van der Waals surface area contributed by atoms with Crippen LogP contribution in [0.4, 0.5) is 4.79 Å². The summed E-state index contributed by atoms with van der Waals surface area (Å²) in [4.78, 5) is 25.4. The monoisotopic (exact) mass is 428 g/mol. The first-order chi connectivity index (χ1) is 14.4. The van der Waals surface area contributed by atoms with Gasteiger partial charge in [-0.15, -0.1) is 0 Å². The van der Waals surface area contributed by atoms with Crippen molar-refractivity contribution in [2.24, 2.45) is 0 Å². The van der Waals surface area contributed by atoms with Gasteiger partial charge in [0.2, 0.25) is 6.79 Å². The SMILES string of the molecule is COc1cccc(C2(C)NC(=O)N(NC(=S)NCc3ccc4c(c3)OCO4)C2=O)c1. The molecule has 3 N–H and O–H groups in total. The number of nitrogens with one attached hydrogen (secondary N) is 3. The molecule has 1 atom stereocenters. The second-order valence-electron chi connectivity index (χ2n) is 6.91. The average molecular weight is 428 g/mol. The zero-order valence-corrected chi connectivity index (χ0v) is 17.2. The molecule has 1 fully saturated rings. The van der Waals surface area contributed by atoms with Crippen molar-refractivity contribution < 1.29 is 23.8 Å². The van der Waals surface area contributed by atoms with Gasteiger partial charge in [-0.1, -0.05) is 18.2 Å². The third kappa shape index (κ3) is 3.57. The Morgan fingerprint density at radius 1 is 1.23 bits per heavy atom. The minimum Gasteiger partial charge on any atom is -0.497 e. The van der Waals surface area contributed by atoms with Crippen molar-refractivity contribution >= 4 is 29.3 Å². The molecule has 4 rings (SSSR count). The Bertz CT molecular complexity index is 1030. The molecular formula is C20H20N4O5S. The second-order valence-corrected chi connectivity index (χ2v) is 7.32. The van der Waals surface area contributed by atoms with Gasteiger partial charge in [0.05, 0.1) is 7.11 Å². The number of imide groups is 1. The fraction of sp³-hybridized carbons (Fsp3) is 0.250. The van der Waals surface area contributed by atoms with Crippen LogP contribution in [0.1, 0.15) is 18.1 Å². The number of fused-ring (bicyclic) bond motifs is 1. The standard InChI is InChI=1S/C20H20N4O5S/c1-20(13-4-3-5-14(9-13)27-2)17(25)24(19(26)22-20)23-18(30)21-10-12-6-7-15-16(8-12)29-11-28-15/h3-9H,10-11H2,1-2H3,(H,22,26)(H2,21,23,30). The van der Waals surface area contributed by atoms with E-state index in [2.05, 4.69) is 16.1 Å². The lowest BCUT2D eigenvalue weighted by atomic mass is 9.92. The molecule has 0 bridgehead atoms. The molecule has 0 spiro atoms. The predicted molar refractivity (Wildman–Crippen MR) is 111 cm³/mol. The highest BCUT2D eigenvalue weighted by Crippen LogP contribution is 2.32. The normalized spacial score (nSPS) is 19.5. The molecule has 2 aromatic rings. The van der Waals surface area contributed by atoms with Crippen molar-refractivity contribution in [1.29, 1.82) is 0 Å². The summed E-state index contributed by atoms with van der Waals surface area (Å²) in [5.74, 6) is 1.46. The highest BCUT2D eigenvalue weighted by molar-refractivity contribution is 7.80. The molecule has 2 aliphatic heterocycles. The summed E-state index contributed by atoms with van der Waals surface area (Å²) in [6.45, 7) is 2.20. The number of nitrogens with zero attached hydrogens (tertiary/aromatic N) is 1. The van der Waals surface area contributed by atoms with E-state index in [-0.39, 0.29) is 11.9 Å². The Morgan fingerprint density at radius 3 is 2.83 bits per heavy atom. The Balaban J connectivity index is 1.41. The first kappa shape index (κ1) is 19.8. The van der Waals surface area contributed by atoms with Crippen molar-refractivity contribution in [3.05, 3.63) is 53.6 Å². The van der Waals surface area contributed by atoms with Crippen LogP contribution in [-0.2, 0) is 16.9 Å². The van der Waals surface area contributed by atoms with E-state index in [9.17, 15) is 9.59 Å². The largest absolute Gasteiger partial charge is 0.497 e. The lowest BCUT2D eigenvalue weighted by Crippen LogP contribution is -2.51. The van der Waals surface area contributed by atoms with Crippen LogP contribution < -0.4 is 30.3 Å². The van der Waals surface area contributed by atoms with Gasteiger partial charge in [0.15, 0.2) is 16.6 Å². The number of hydrogen-bond donors (Lipinski definition) is 3. The molecule has 2 aromatic carbocycles. The number of benzene rings is 2. The molecule has 0 aromatic heterocycles. The summed E-state index contributed by atoms with van der Waals surface area (Å²) in [6, 6.07) is 11.9. The van der Waals surface area contributed by atoms with Gasteiger partial charge in [-0.3, -0.25) is 10.2 Å². The van der Waals surface area contributed by atoms with E-state index < -0.39 is 17.5 Å². The van der Waals surface area contributed by atoms with Gasteiger partial charge in [0.25, 0.3) is 5.91 Å². The number of thiocarbonyl (C=S) groups is 1. The van der Waals surface area contributed by atoms with Crippen molar-refractivity contribution in [3.63, 3.8) is 0 Å². The maximum atomic E-state index is 13.0. The van der Waals surface area contributed by atoms with E-state index in [0.717, 1.165) is 10.6 Å². The molecule has 3 amide bonds. The highest BCUT2D eigenvalue weighted by Gasteiger charge is 2.50. The summed E-state index contributed by atoms with van der Waals surface area (Å²) in [6.07, 6.45) is 0. The van der Waals surface area contributed by atoms with Crippen LogP contribution in [0.25, 0.3) is 0 Å². The molecular weight excluding hydrogens is 408 g/mol. The smallest absolute Gasteiger partial charge is 0.344 e. The first-order valence-corrected chi connectivity index (χ1v) is 9.56. The molecule has 156 valence electrons. The Labute approximate surface area is 178 Å². The van der Waals surface area contributed by atoms with Gasteiger partial charge in [-0.05, 0) is 54.5 Å². The third-order valence-corrected chi connectivity index (χ3v) is 5.18. The number of methoxy groups -OCH3 is 1. The number of amides is 3. The molecule has 30 heavy (non-hydrogen) atoms. The van der Waals surface area contributed by atoms with Crippen molar-refractivity contribution in [2.75, 3.05) is 13.9 Å². The number of hydrazine groups is 1. The zero-order valence-electron chi connectivity index (χ0n) is 16.4. The van der Waals surface area contributed by atoms with Crippen molar-refractivity contribution in [1.82, 2.24) is 21.1 Å². The molecule has 2 heterocycles. The fourth-order valence-corrected chi connectivity index (χ4v) is 3.41. The Hall–Kier alpha value is -3.53. The van der Waals surface area contributed by atoms with E-state index in [1.54, 1.807) is 31.2 Å². The summed E-state index contributed by atoms with van der Waals surface area (Å²) < 4.78 is 15.8. The molecule has 2 aliphatic rings. The van der Waals surface area contributed by atoms with Crippen LogP contribution >= 0.6 is 12.2 Å². The molecule has 0 aliphatic carbocycles. The average Bonchev–Trinajstić information content (AvgIpc) is 3.30. The van der Waals surface area contributed by atoms with E-state index in [4.69, 9.17) is 26.4 Å². The summed E-state index contributed by atoms with van der Waals surface area (Å²) >= 11 is 5.25. The molecule has 0 radical (unpaired) electrons. The van der Waals surface area contributed by atoms with Crippen LogP contribution in [0.3, 0.4) is 0 Å². The third-order valence-electron chi connectivity index (χ3n) is 4.94. The van der Waals surface area contributed by atoms with Crippen LogP contribution in [-0.4, -0.2) is 36.0 Å². The lowest BCUT2D eigenvalue weighted by molar-refractivity contribution is -0.132. The summed E-state index contributed by atoms with van der Waals surface area (Å²) in [5.41, 5.74) is 2.92. The van der Waals surface area contributed by atoms with Gasteiger partial charge in [0, 0.05) is 6.54 Å². The molecule has 1 unspecified atom stereocenters. The number of carbonyl (C=O) groups is 2. The van der Waals surface area contributed by atoms with E-state index in [1.807, 2.05) is 18.2 Å². The van der Waals surface area contributed by atoms with Crippen LogP contribution in [0, 0.1) is 0 Å². The van der Waals surface area contributed by atoms with Gasteiger partial charge in [0.1, 0.15) is 11.3 Å². The lowest BCUT2D eigenvalue weighted by Gasteiger charge is -2.23. The number of ether oxygens (including phenoxy) is 3.